The fraction of sp³-hybridized carbons (Fsp3) is 0.214. The van der Waals surface area contributed by atoms with E-state index in [1.807, 2.05) is 30.3 Å². The van der Waals surface area contributed by atoms with Crippen LogP contribution in [0.3, 0.4) is 0 Å². The third kappa shape index (κ3) is 4.64. The number of fused-ring (bicyclic) bond motifs is 1. The summed E-state index contributed by atoms with van der Waals surface area (Å²) < 4.78 is 11.3. The van der Waals surface area contributed by atoms with Crippen LogP contribution in [-0.2, 0) is 19.1 Å². The van der Waals surface area contributed by atoms with E-state index in [1.54, 1.807) is 31.2 Å². The van der Waals surface area contributed by atoms with E-state index in [1.165, 1.54) is 29.2 Å². The van der Waals surface area contributed by atoms with Gasteiger partial charge in [0.1, 0.15) is 5.57 Å². The average Bonchev–Trinajstić information content (AvgIpc) is 3.49. The third-order valence-corrected chi connectivity index (χ3v) is 6.85. The molecule has 0 N–H and O–H groups in total. The largest absolute Gasteiger partial charge is 0.462 e. The highest BCUT2D eigenvalue weighted by molar-refractivity contribution is 6.19. The van der Waals surface area contributed by atoms with Gasteiger partial charge in [0.05, 0.1) is 29.1 Å². The molecule has 1 amide bonds. The molecular formula is C28H23N3O8. The van der Waals surface area contributed by atoms with Crippen molar-refractivity contribution in [1.82, 2.24) is 4.90 Å². The molecule has 0 saturated carbocycles. The average molecular weight is 530 g/mol. The van der Waals surface area contributed by atoms with E-state index in [2.05, 4.69) is 0 Å². The standard InChI is InChI=1S/C28H23N3O8/c1-2-38-28(33)25-24(22-16-39-27(29(22)26(25)32)19-6-4-3-5-7-19)23(17-8-12-20(13-9-17)30(34)35)18-10-14-21(15-11-18)31(36)37/h3-15,22-23,27H,2,16H2,1H3/t22-,27-/m1/s1. The summed E-state index contributed by atoms with van der Waals surface area (Å²) in [6.45, 7) is 1.78. The van der Waals surface area contributed by atoms with Crippen LogP contribution in [0, 0.1) is 20.2 Å². The Morgan fingerprint density at radius 2 is 1.49 bits per heavy atom. The number of carbonyl (C=O) groups is 2. The molecule has 0 aliphatic carbocycles. The van der Waals surface area contributed by atoms with E-state index < -0.39 is 39.9 Å². The predicted octanol–water partition coefficient (Wildman–Crippen LogP) is 4.43. The minimum atomic E-state index is -0.785. The molecule has 3 aromatic rings. The molecule has 0 radical (unpaired) electrons. The van der Waals surface area contributed by atoms with Crippen LogP contribution in [0.4, 0.5) is 11.4 Å². The van der Waals surface area contributed by atoms with Crippen LogP contribution in [0.2, 0.25) is 0 Å². The number of benzene rings is 3. The molecule has 39 heavy (non-hydrogen) atoms. The molecule has 2 aliphatic rings. The highest BCUT2D eigenvalue weighted by Gasteiger charge is 2.52. The van der Waals surface area contributed by atoms with Gasteiger partial charge in [-0.1, -0.05) is 54.6 Å². The first kappa shape index (κ1) is 25.7. The van der Waals surface area contributed by atoms with Gasteiger partial charge in [0.2, 0.25) is 0 Å². The van der Waals surface area contributed by atoms with Gasteiger partial charge in [0.25, 0.3) is 17.3 Å². The highest BCUT2D eigenvalue weighted by Crippen LogP contribution is 2.48. The molecule has 0 bridgehead atoms. The summed E-state index contributed by atoms with van der Waals surface area (Å²) in [7, 11) is 0. The van der Waals surface area contributed by atoms with Crippen molar-refractivity contribution in [2.24, 2.45) is 0 Å². The van der Waals surface area contributed by atoms with Crippen molar-refractivity contribution in [2.75, 3.05) is 13.2 Å². The molecule has 1 saturated heterocycles. The molecule has 0 spiro atoms. The normalized spacial score (nSPS) is 18.4. The zero-order valence-electron chi connectivity index (χ0n) is 20.8. The van der Waals surface area contributed by atoms with Gasteiger partial charge in [-0.2, -0.15) is 0 Å². The second-order valence-corrected chi connectivity index (χ2v) is 9.01. The molecule has 2 aliphatic heterocycles. The number of amides is 1. The first-order valence-electron chi connectivity index (χ1n) is 12.2. The fourth-order valence-corrected chi connectivity index (χ4v) is 5.16. The lowest BCUT2D eigenvalue weighted by Gasteiger charge is -2.26. The summed E-state index contributed by atoms with van der Waals surface area (Å²) in [4.78, 5) is 50.2. The number of nitrogens with zero attached hydrogens (tertiary/aromatic N) is 3. The maximum atomic E-state index is 13.9. The van der Waals surface area contributed by atoms with E-state index in [9.17, 15) is 29.8 Å². The molecule has 5 rings (SSSR count). The van der Waals surface area contributed by atoms with Crippen LogP contribution >= 0.6 is 0 Å². The van der Waals surface area contributed by atoms with Gasteiger partial charge in [-0.3, -0.25) is 29.9 Å². The van der Waals surface area contributed by atoms with E-state index in [0.717, 1.165) is 5.56 Å². The summed E-state index contributed by atoms with van der Waals surface area (Å²) >= 11 is 0. The van der Waals surface area contributed by atoms with Crippen molar-refractivity contribution < 1.29 is 28.9 Å². The Morgan fingerprint density at radius 1 is 0.949 bits per heavy atom. The van der Waals surface area contributed by atoms with E-state index in [4.69, 9.17) is 9.47 Å². The van der Waals surface area contributed by atoms with Crippen LogP contribution in [0.25, 0.3) is 0 Å². The molecule has 198 valence electrons. The van der Waals surface area contributed by atoms with Crippen LogP contribution in [0.1, 0.15) is 35.8 Å². The summed E-state index contributed by atoms with van der Waals surface area (Å²) in [6.07, 6.45) is -0.736. The molecule has 3 aromatic carbocycles. The molecule has 0 unspecified atom stereocenters. The number of hydrogen-bond donors (Lipinski definition) is 0. The Bertz CT molecular complexity index is 1410. The quantitative estimate of drug-likeness (QED) is 0.180. The van der Waals surface area contributed by atoms with E-state index >= 15 is 0 Å². The monoisotopic (exact) mass is 529 g/mol. The second-order valence-electron chi connectivity index (χ2n) is 9.01. The topological polar surface area (TPSA) is 142 Å². The van der Waals surface area contributed by atoms with Gasteiger partial charge in [-0.25, -0.2) is 4.79 Å². The first-order chi connectivity index (χ1) is 18.8. The number of hydrogen-bond acceptors (Lipinski definition) is 8. The van der Waals surface area contributed by atoms with Gasteiger partial charge in [0.15, 0.2) is 6.23 Å². The van der Waals surface area contributed by atoms with Crippen LogP contribution in [0.15, 0.2) is 90.0 Å². The number of non-ortho nitro benzene ring substituents is 2. The highest BCUT2D eigenvalue weighted by atomic mass is 16.6. The van der Waals surface area contributed by atoms with Crippen molar-refractivity contribution in [3.63, 3.8) is 0 Å². The SMILES string of the molecule is CCOC(=O)C1=C(C(c2ccc([N+](=O)[O-])cc2)c2ccc([N+](=O)[O-])cc2)[C@H]2CO[C@H](c3ccccc3)N2C1=O. The first-order valence-corrected chi connectivity index (χ1v) is 12.2. The van der Waals surface area contributed by atoms with Crippen molar-refractivity contribution in [3.05, 3.63) is 127 Å². The van der Waals surface area contributed by atoms with Gasteiger partial charge < -0.3 is 9.47 Å². The Balaban J connectivity index is 1.69. The van der Waals surface area contributed by atoms with Gasteiger partial charge >= 0.3 is 5.97 Å². The molecular weight excluding hydrogens is 506 g/mol. The van der Waals surface area contributed by atoms with E-state index in [0.29, 0.717) is 16.7 Å². The van der Waals surface area contributed by atoms with Crippen molar-refractivity contribution >= 4 is 23.3 Å². The molecule has 2 atom stereocenters. The lowest BCUT2D eigenvalue weighted by molar-refractivity contribution is -0.385. The Morgan fingerprint density at radius 3 is 1.97 bits per heavy atom. The van der Waals surface area contributed by atoms with Crippen LogP contribution in [-0.4, -0.2) is 45.9 Å². The number of nitro groups is 2. The zero-order chi connectivity index (χ0) is 27.7. The molecule has 11 nitrogen and oxygen atoms in total. The van der Waals surface area contributed by atoms with Crippen LogP contribution in [0.5, 0.6) is 0 Å². The van der Waals surface area contributed by atoms with Gasteiger partial charge in [0, 0.05) is 35.7 Å². The fourth-order valence-electron chi connectivity index (χ4n) is 5.16. The maximum absolute atomic E-state index is 13.9. The summed E-state index contributed by atoms with van der Waals surface area (Å²) in [5.41, 5.74) is 1.89. The van der Waals surface area contributed by atoms with Crippen molar-refractivity contribution in [1.29, 1.82) is 0 Å². The van der Waals surface area contributed by atoms with Crippen molar-refractivity contribution in [3.8, 4) is 0 Å². The Hall–Kier alpha value is -4.90. The third-order valence-electron chi connectivity index (χ3n) is 6.85. The maximum Gasteiger partial charge on any atom is 0.343 e. The number of carbonyl (C=O) groups excluding carboxylic acids is 2. The predicted molar refractivity (Wildman–Crippen MR) is 137 cm³/mol. The Kier molecular flexibility index (Phi) is 6.90. The lowest BCUT2D eigenvalue weighted by atomic mass is 9.80. The Labute approximate surface area is 222 Å². The van der Waals surface area contributed by atoms with Gasteiger partial charge in [-0.05, 0) is 23.6 Å². The summed E-state index contributed by atoms with van der Waals surface area (Å²) in [5.74, 6) is -2.08. The number of ether oxygens (including phenoxy) is 2. The minimum absolute atomic E-state index is 0.0475. The molecule has 0 aromatic heterocycles. The zero-order valence-corrected chi connectivity index (χ0v) is 20.8. The second kappa shape index (κ2) is 10.5. The number of rotatable bonds is 8. The molecule has 1 fully saturated rings. The minimum Gasteiger partial charge on any atom is -0.462 e. The number of esters is 1. The smallest absolute Gasteiger partial charge is 0.343 e. The van der Waals surface area contributed by atoms with E-state index in [-0.39, 0.29) is 30.2 Å². The molecule has 11 heteroatoms. The lowest BCUT2D eigenvalue weighted by Crippen LogP contribution is -2.34. The van der Waals surface area contributed by atoms with Gasteiger partial charge in [-0.15, -0.1) is 0 Å². The summed E-state index contributed by atoms with van der Waals surface area (Å²) in [6, 6.07) is 20.1. The summed E-state index contributed by atoms with van der Waals surface area (Å²) in [5, 5.41) is 22.6. The number of nitro benzene ring substituents is 2. The van der Waals surface area contributed by atoms with Crippen molar-refractivity contribution in [2.45, 2.75) is 25.1 Å². The van der Waals surface area contributed by atoms with Crippen LogP contribution < -0.4 is 0 Å². The molecule has 2 heterocycles.